The molecule has 0 radical (unpaired) electrons. The Labute approximate surface area is 173 Å². The number of anilines is 1. The van der Waals surface area contributed by atoms with Crippen LogP contribution in [0, 0.1) is 5.82 Å². The molecular weight excluding hydrogens is 385 g/mol. The maximum atomic E-state index is 13.5. The van der Waals surface area contributed by atoms with Crippen LogP contribution in [-0.2, 0) is 19.1 Å². The maximum Gasteiger partial charge on any atom is 0.330 e. The van der Waals surface area contributed by atoms with Gasteiger partial charge in [0.1, 0.15) is 17.2 Å². The molecule has 0 bridgehead atoms. The summed E-state index contributed by atoms with van der Waals surface area (Å²) in [6.45, 7) is 3.85. The number of hydrogen-bond acceptors (Lipinski definition) is 4. The Kier molecular flexibility index (Phi) is 4.78. The van der Waals surface area contributed by atoms with Crippen LogP contribution in [0.4, 0.5) is 10.1 Å². The number of carbonyl (C=O) groups excluding carboxylic acids is 2. The molecule has 0 atom stereocenters. The smallest absolute Gasteiger partial charge is 0.330 e. The van der Waals surface area contributed by atoms with E-state index in [1.807, 2.05) is 44.2 Å². The number of hydrogen-bond donors (Lipinski definition) is 1. The first-order valence-corrected chi connectivity index (χ1v) is 9.42. The molecular formula is C24H20FNO4. The largest absolute Gasteiger partial charge is 0.482 e. The van der Waals surface area contributed by atoms with Gasteiger partial charge in [0.15, 0.2) is 0 Å². The van der Waals surface area contributed by atoms with Crippen molar-refractivity contribution in [3.8, 4) is 0 Å². The minimum Gasteiger partial charge on any atom is -0.482 e. The van der Waals surface area contributed by atoms with Gasteiger partial charge >= 0.3 is 5.97 Å². The molecule has 1 amide bonds. The fourth-order valence-electron chi connectivity index (χ4n) is 3.61. The van der Waals surface area contributed by atoms with E-state index >= 15 is 0 Å². The zero-order valence-corrected chi connectivity index (χ0v) is 16.8. The molecule has 2 aliphatic heterocycles. The van der Waals surface area contributed by atoms with Gasteiger partial charge in [-0.15, -0.1) is 0 Å². The molecule has 2 heterocycles. The van der Waals surface area contributed by atoms with Crippen LogP contribution in [-0.4, -0.2) is 24.6 Å². The number of halogens is 1. The van der Waals surface area contributed by atoms with Crippen LogP contribution in [0.1, 0.15) is 30.5 Å². The van der Waals surface area contributed by atoms with Crippen LogP contribution in [0.3, 0.4) is 0 Å². The predicted octanol–water partition coefficient (Wildman–Crippen LogP) is 4.57. The van der Waals surface area contributed by atoms with E-state index in [0.717, 1.165) is 16.7 Å². The van der Waals surface area contributed by atoms with Crippen molar-refractivity contribution in [3.05, 3.63) is 82.9 Å². The summed E-state index contributed by atoms with van der Waals surface area (Å²) in [5.74, 6) is -0.696. The first-order chi connectivity index (χ1) is 14.3. The number of allylic oxidation sites excluding steroid dienone is 1. The van der Waals surface area contributed by atoms with Gasteiger partial charge in [0.05, 0.1) is 18.4 Å². The Bertz CT molecular complexity index is 1140. The SMILES string of the molecule is COC(=O)C=Cc1ccc(C2=CC(=C3C(=O)Nc4cc(F)ccc43)OC2(C)C)cc1. The predicted molar refractivity (Wildman–Crippen MR) is 113 cm³/mol. The highest BCUT2D eigenvalue weighted by Crippen LogP contribution is 2.44. The summed E-state index contributed by atoms with van der Waals surface area (Å²) in [6.07, 6.45) is 4.89. The van der Waals surface area contributed by atoms with Crippen LogP contribution >= 0.6 is 0 Å². The monoisotopic (exact) mass is 405 g/mol. The minimum atomic E-state index is -0.658. The van der Waals surface area contributed by atoms with Gasteiger partial charge in [-0.2, -0.15) is 0 Å². The van der Waals surface area contributed by atoms with E-state index < -0.39 is 17.4 Å². The van der Waals surface area contributed by atoms with Crippen molar-refractivity contribution in [2.45, 2.75) is 19.4 Å². The third-order valence-corrected chi connectivity index (χ3v) is 5.10. The maximum absolute atomic E-state index is 13.5. The molecule has 6 heteroatoms. The van der Waals surface area contributed by atoms with Gasteiger partial charge in [0, 0.05) is 17.2 Å². The van der Waals surface area contributed by atoms with Gasteiger partial charge in [-0.1, -0.05) is 24.3 Å². The van der Waals surface area contributed by atoms with Crippen molar-refractivity contribution in [1.29, 1.82) is 0 Å². The summed E-state index contributed by atoms with van der Waals surface area (Å²) in [5, 5.41) is 2.69. The van der Waals surface area contributed by atoms with Crippen molar-refractivity contribution in [2.75, 3.05) is 12.4 Å². The van der Waals surface area contributed by atoms with E-state index in [4.69, 9.17) is 4.74 Å². The van der Waals surface area contributed by atoms with Gasteiger partial charge < -0.3 is 14.8 Å². The van der Waals surface area contributed by atoms with E-state index in [9.17, 15) is 14.0 Å². The van der Waals surface area contributed by atoms with E-state index in [1.54, 1.807) is 12.1 Å². The summed E-state index contributed by atoms with van der Waals surface area (Å²) in [6, 6.07) is 11.8. The summed E-state index contributed by atoms with van der Waals surface area (Å²) in [5.41, 5.74) is 3.49. The summed E-state index contributed by atoms with van der Waals surface area (Å²) >= 11 is 0. The van der Waals surface area contributed by atoms with Gasteiger partial charge in [-0.3, -0.25) is 4.79 Å². The van der Waals surface area contributed by atoms with Crippen LogP contribution in [0.2, 0.25) is 0 Å². The second kappa shape index (κ2) is 7.30. The molecule has 0 saturated carbocycles. The fourth-order valence-corrected chi connectivity index (χ4v) is 3.61. The standard InChI is InChI=1S/C24H20FNO4/c1-24(2)18(15-7-4-14(5-8-15)6-11-21(27)29-3)13-20(30-24)22-17-10-9-16(25)12-19(17)26-23(22)28/h4-13H,1-3H3,(H,26,28). The number of amides is 1. The first-order valence-electron chi connectivity index (χ1n) is 9.42. The Balaban J connectivity index is 1.71. The molecule has 0 saturated heterocycles. The van der Waals surface area contributed by atoms with Crippen LogP contribution in [0.25, 0.3) is 17.2 Å². The first kappa shape index (κ1) is 19.6. The third-order valence-electron chi connectivity index (χ3n) is 5.10. The molecule has 30 heavy (non-hydrogen) atoms. The van der Waals surface area contributed by atoms with Crippen LogP contribution in [0.5, 0.6) is 0 Å². The Morgan fingerprint density at radius 1 is 1.17 bits per heavy atom. The number of esters is 1. The Morgan fingerprint density at radius 2 is 1.90 bits per heavy atom. The van der Waals surface area contributed by atoms with Gasteiger partial charge in [-0.25, -0.2) is 9.18 Å². The molecule has 2 aliphatic rings. The van der Waals surface area contributed by atoms with E-state index in [0.29, 0.717) is 22.6 Å². The topological polar surface area (TPSA) is 64.6 Å². The lowest BCUT2D eigenvalue weighted by molar-refractivity contribution is -0.134. The quantitative estimate of drug-likeness (QED) is 0.600. The second-order valence-electron chi connectivity index (χ2n) is 7.53. The highest BCUT2D eigenvalue weighted by atomic mass is 19.1. The summed E-state index contributed by atoms with van der Waals surface area (Å²) < 4.78 is 24.2. The van der Waals surface area contributed by atoms with Crippen molar-refractivity contribution in [1.82, 2.24) is 0 Å². The molecule has 0 aliphatic carbocycles. The number of nitrogens with one attached hydrogen (secondary N) is 1. The molecule has 0 spiro atoms. The lowest BCUT2D eigenvalue weighted by Crippen LogP contribution is -2.21. The second-order valence-corrected chi connectivity index (χ2v) is 7.53. The normalized spacial score (nSPS) is 19.3. The van der Waals surface area contributed by atoms with Crippen LogP contribution < -0.4 is 5.32 Å². The molecule has 0 fully saturated rings. The molecule has 4 rings (SSSR count). The highest BCUT2D eigenvalue weighted by Gasteiger charge is 2.37. The van der Waals surface area contributed by atoms with E-state index in [-0.39, 0.29) is 5.91 Å². The average Bonchev–Trinajstić information content (AvgIpc) is 3.20. The molecule has 0 aromatic heterocycles. The van der Waals surface area contributed by atoms with E-state index in [1.165, 1.54) is 25.3 Å². The highest BCUT2D eigenvalue weighted by molar-refractivity contribution is 6.32. The summed E-state index contributed by atoms with van der Waals surface area (Å²) in [4.78, 5) is 23.8. The van der Waals surface area contributed by atoms with Crippen molar-refractivity contribution >= 4 is 34.8 Å². The van der Waals surface area contributed by atoms with Crippen molar-refractivity contribution in [3.63, 3.8) is 0 Å². The summed E-state index contributed by atoms with van der Waals surface area (Å²) in [7, 11) is 1.33. The molecule has 2 aromatic rings. The number of rotatable bonds is 3. The van der Waals surface area contributed by atoms with Crippen molar-refractivity contribution in [2.24, 2.45) is 0 Å². The van der Waals surface area contributed by atoms with Gasteiger partial charge in [0.2, 0.25) is 0 Å². The number of fused-ring (bicyclic) bond motifs is 1. The number of methoxy groups -OCH3 is 1. The van der Waals surface area contributed by atoms with E-state index in [2.05, 4.69) is 10.1 Å². The molecule has 0 unspecified atom stereocenters. The average molecular weight is 405 g/mol. The number of benzene rings is 2. The van der Waals surface area contributed by atoms with Crippen LogP contribution in [0.15, 0.2) is 60.4 Å². The Hall–Kier alpha value is -3.67. The minimum absolute atomic E-state index is 0.317. The molecule has 152 valence electrons. The molecule has 5 nitrogen and oxygen atoms in total. The molecule has 2 aromatic carbocycles. The third kappa shape index (κ3) is 3.52. The molecule has 1 N–H and O–H groups in total. The van der Waals surface area contributed by atoms with Crippen molar-refractivity contribution < 1.29 is 23.5 Å². The lowest BCUT2D eigenvalue weighted by Gasteiger charge is -2.23. The van der Waals surface area contributed by atoms with Gasteiger partial charge in [0.25, 0.3) is 5.91 Å². The zero-order chi connectivity index (χ0) is 21.5. The number of ether oxygens (including phenoxy) is 2. The number of carbonyl (C=O) groups is 2. The lowest BCUT2D eigenvalue weighted by atomic mass is 9.91. The van der Waals surface area contributed by atoms with Gasteiger partial charge in [-0.05, 0) is 55.3 Å². The fraction of sp³-hybridized carbons (Fsp3) is 0.167. The Morgan fingerprint density at radius 3 is 2.60 bits per heavy atom. The zero-order valence-electron chi connectivity index (χ0n) is 16.8.